The molecule has 588 valence electrons. The minimum absolute atomic E-state index is 0.684. The first-order valence-corrected chi connectivity index (χ1v) is 43.3. The number of nitrogens with zero attached hydrogens (tertiary/aromatic N) is 6. The molecule has 0 fully saturated rings. The van der Waals surface area contributed by atoms with Crippen molar-refractivity contribution >= 4 is 96.8 Å². The maximum Gasteiger partial charge on any atom is 0.160 e. The average Bonchev–Trinajstić information content (AvgIpc) is 0.905. The minimum atomic E-state index is 0.684. The summed E-state index contributed by atoms with van der Waals surface area (Å²) in [6.07, 6.45) is 0. The number of furan rings is 1. The second-order valence-electron chi connectivity index (χ2n) is 31.8. The van der Waals surface area contributed by atoms with Crippen LogP contribution in [-0.4, -0.2) is 29.9 Å². The Balaban J connectivity index is 0.000000145. The Morgan fingerprint density at radius 3 is 0.976 bits per heavy atom. The smallest absolute Gasteiger partial charge is 0.160 e. The molecule has 0 bridgehead atoms. The largest absolute Gasteiger partial charge is 0.455 e. The van der Waals surface area contributed by atoms with Crippen molar-refractivity contribution in [1.29, 1.82) is 0 Å². The Morgan fingerprint density at radius 2 is 0.508 bits per heavy atom. The summed E-state index contributed by atoms with van der Waals surface area (Å²) < 4.78 is 8.99. The van der Waals surface area contributed by atoms with Gasteiger partial charge in [-0.15, -0.1) is 11.3 Å². The van der Waals surface area contributed by atoms with Gasteiger partial charge in [-0.3, -0.25) is 0 Å². The summed E-state index contributed by atoms with van der Waals surface area (Å²) in [6.45, 7) is 0. The van der Waals surface area contributed by atoms with Crippen molar-refractivity contribution in [2.75, 3.05) is 0 Å². The lowest BCUT2D eigenvalue weighted by atomic mass is 9.91. The van der Waals surface area contributed by atoms with Gasteiger partial charge in [-0.1, -0.05) is 400 Å². The molecule has 0 aliphatic heterocycles. The molecule has 0 N–H and O–H groups in total. The Kier molecular flexibility index (Phi) is 19.0. The molecule has 0 aliphatic rings. The number of thiophene rings is 1. The van der Waals surface area contributed by atoms with E-state index >= 15 is 0 Å². The second-order valence-corrected chi connectivity index (χ2v) is 32.9. The van der Waals surface area contributed by atoms with Crippen LogP contribution in [0.4, 0.5) is 0 Å². The normalized spacial score (nSPS) is 11.5. The minimum Gasteiger partial charge on any atom is -0.455 e. The van der Waals surface area contributed by atoms with Crippen LogP contribution in [0, 0.1) is 0 Å². The van der Waals surface area contributed by atoms with Gasteiger partial charge in [-0.05, 0) is 110 Å². The van der Waals surface area contributed by atoms with Crippen molar-refractivity contribution in [3.05, 3.63) is 449 Å². The Labute approximate surface area is 731 Å². The molecule has 24 rings (SSSR count). The highest BCUT2D eigenvalue weighted by molar-refractivity contribution is 7.26. The van der Waals surface area contributed by atoms with E-state index in [9.17, 15) is 0 Å². The van der Waals surface area contributed by atoms with Crippen molar-refractivity contribution in [2.24, 2.45) is 0 Å². The monoisotopic (exact) mass is 1620 g/mol. The van der Waals surface area contributed by atoms with Crippen molar-refractivity contribution in [3.63, 3.8) is 0 Å². The van der Waals surface area contributed by atoms with Gasteiger partial charge in [0.2, 0.25) is 0 Å². The fraction of sp³-hybridized carbons (Fsp3) is 0. The van der Waals surface area contributed by atoms with Crippen LogP contribution in [-0.2, 0) is 0 Å². The van der Waals surface area contributed by atoms with Crippen LogP contribution >= 0.6 is 11.3 Å². The van der Waals surface area contributed by atoms with E-state index in [4.69, 9.17) is 34.3 Å². The van der Waals surface area contributed by atoms with Crippen molar-refractivity contribution < 1.29 is 4.42 Å². The molecule has 6 aromatic heterocycles. The van der Waals surface area contributed by atoms with Gasteiger partial charge in [0.05, 0.1) is 45.2 Å². The third kappa shape index (κ3) is 14.0. The van der Waals surface area contributed by atoms with E-state index in [1.807, 2.05) is 59.9 Å². The highest BCUT2D eigenvalue weighted by Crippen LogP contribution is 2.46. The van der Waals surface area contributed by atoms with E-state index in [0.717, 1.165) is 178 Å². The summed E-state index contributed by atoms with van der Waals surface area (Å²) >= 11 is 1.86. The quantitative estimate of drug-likeness (QED) is 0.100. The van der Waals surface area contributed by atoms with E-state index < -0.39 is 0 Å². The first-order valence-electron chi connectivity index (χ1n) is 42.5. The molecule has 0 amide bonds. The second kappa shape index (κ2) is 32.1. The SMILES string of the molecule is c1ccc(-c2nc(-c3ccc(-c4cccc(-c5cccc6c(-c7ccccc7)nc7ccccc7c56)c4)cc3)cc(-c3ccc(-c4cccc5c4oc4ccccc45)cc3)n2)cc1.c1ccc(-c2nc(-c3ccc(-c4cccc(-c5cccc6c(-c7ccccc7)nc7ccccc7c56)c4)cc3)cc(-c3ccc(-c4cccc5c4sc4ccccc45)cc3)n2)cc1. The van der Waals surface area contributed by atoms with Crippen LogP contribution in [0.5, 0.6) is 0 Å². The van der Waals surface area contributed by atoms with Crippen molar-refractivity contribution in [2.45, 2.75) is 0 Å². The zero-order valence-corrected chi connectivity index (χ0v) is 69.0. The van der Waals surface area contributed by atoms with Gasteiger partial charge < -0.3 is 4.42 Å². The first-order chi connectivity index (χ1) is 62.4. The van der Waals surface area contributed by atoms with Gasteiger partial charge >= 0.3 is 0 Å². The van der Waals surface area contributed by atoms with Gasteiger partial charge in [0, 0.05) is 113 Å². The van der Waals surface area contributed by atoms with Crippen molar-refractivity contribution in [3.8, 4) is 157 Å². The lowest BCUT2D eigenvalue weighted by Crippen LogP contribution is -1.96. The Bertz CT molecular complexity index is 7790. The van der Waals surface area contributed by atoms with E-state index in [0.29, 0.717) is 11.6 Å². The van der Waals surface area contributed by atoms with Gasteiger partial charge in [-0.2, -0.15) is 0 Å². The van der Waals surface area contributed by atoms with E-state index in [1.54, 1.807) is 0 Å². The molecule has 18 aromatic carbocycles. The molecule has 0 atom stereocenters. The van der Waals surface area contributed by atoms with Gasteiger partial charge in [0.15, 0.2) is 11.6 Å². The predicted octanol–water partition coefficient (Wildman–Crippen LogP) is 32.0. The number of pyridine rings is 2. The van der Waals surface area contributed by atoms with Gasteiger partial charge in [0.25, 0.3) is 0 Å². The Morgan fingerprint density at radius 1 is 0.183 bits per heavy atom. The Hall–Kier alpha value is -16.5. The zero-order valence-electron chi connectivity index (χ0n) is 68.2. The molecule has 0 saturated carbocycles. The molecule has 0 unspecified atom stereocenters. The number of para-hydroxylation sites is 4. The number of hydrogen-bond donors (Lipinski definition) is 0. The number of hydrogen-bond acceptors (Lipinski definition) is 8. The predicted molar refractivity (Wildman–Crippen MR) is 526 cm³/mol. The summed E-state index contributed by atoms with van der Waals surface area (Å²) in [7, 11) is 0. The number of benzene rings is 18. The summed E-state index contributed by atoms with van der Waals surface area (Å²) in [5.41, 5.74) is 31.4. The van der Waals surface area contributed by atoms with Gasteiger partial charge in [0.1, 0.15) is 11.2 Å². The molecule has 0 saturated heterocycles. The summed E-state index contributed by atoms with van der Waals surface area (Å²) in [4.78, 5) is 30.9. The highest BCUT2D eigenvalue weighted by atomic mass is 32.1. The van der Waals surface area contributed by atoms with E-state index in [2.05, 4.69) is 400 Å². The summed E-state index contributed by atoms with van der Waals surface area (Å²) in [6, 6.07) is 158. The molecule has 0 radical (unpaired) electrons. The van der Waals surface area contributed by atoms with Crippen LogP contribution in [0.3, 0.4) is 0 Å². The topological polar surface area (TPSA) is 90.5 Å². The molecule has 8 heteroatoms. The fourth-order valence-corrected chi connectivity index (χ4v) is 19.3. The third-order valence-electron chi connectivity index (χ3n) is 24.2. The van der Waals surface area contributed by atoms with Gasteiger partial charge in [-0.25, -0.2) is 29.9 Å². The maximum atomic E-state index is 6.37. The molecular formula is C118H74N6OS. The standard InChI is InChI=1S/C59H37N3O.C59H37N3S/c2*1-3-14-42(15-4-1)57-51-25-12-22-46(56(51)50-21-7-9-26-52(50)60-57)45-19-11-18-44(36-45)38-28-32-40(33-29-38)53-37-54(62-59(61-53)43-16-5-2-6-17-43)41-34-30-39(31-35-41)47-23-13-24-49-48-20-8-10-27-55(48)63-58(47)49/h2*1-37H. The third-order valence-corrected chi connectivity index (χ3v) is 25.4. The highest BCUT2D eigenvalue weighted by Gasteiger charge is 2.22. The summed E-state index contributed by atoms with van der Waals surface area (Å²) in [5.74, 6) is 1.39. The number of aromatic nitrogens is 6. The van der Waals surface area contributed by atoms with Crippen molar-refractivity contribution in [1.82, 2.24) is 29.9 Å². The number of fused-ring (bicyclic) bond motifs is 12. The van der Waals surface area contributed by atoms with Crippen LogP contribution in [0.25, 0.3) is 243 Å². The molecule has 7 nitrogen and oxygen atoms in total. The lowest BCUT2D eigenvalue weighted by molar-refractivity contribution is 0.670. The van der Waals surface area contributed by atoms with E-state index in [1.165, 1.54) is 53.2 Å². The van der Waals surface area contributed by atoms with Crippen LogP contribution in [0.1, 0.15) is 0 Å². The van der Waals surface area contributed by atoms with Crippen LogP contribution < -0.4 is 0 Å². The zero-order chi connectivity index (χ0) is 83.4. The maximum absolute atomic E-state index is 6.37. The molecule has 126 heavy (non-hydrogen) atoms. The molecule has 0 spiro atoms. The molecule has 6 heterocycles. The molecular weight excluding hydrogens is 1550 g/mol. The average molecular weight is 1620 g/mol. The number of rotatable bonds is 14. The molecule has 24 aromatic rings. The molecule has 0 aliphatic carbocycles. The first kappa shape index (κ1) is 74.5. The summed E-state index contributed by atoms with van der Waals surface area (Å²) in [5, 5.41) is 11.9. The van der Waals surface area contributed by atoms with Crippen LogP contribution in [0.2, 0.25) is 0 Å². The van der Waals surface area contributed by atoms with Crippen LogP contribution in [0.15, 0.2) is 453 Å². The lowest BCUT2D eigenvalue weighted by Gasteiger charge is -2.15. The fourth-order valence-electron chi connectivity index (χ4n) is 18.0. The van der Waals surface area contributed by atoms with E-state index in [-0.39, 0.29) is 0 Å².